The number of hydrogen-bond acceptors (Lipinski definition) is 3. The number of aromatic nitrogens is 3. The van der Waals surface area contributed by atoms with Gasteiger partial charge in [-0.25, -0.2) is 4.98 Å². The summed E-state index contributed by atoms with van der Waals surface area (Å²) < 4.78 is 0. The smallest absolute Gasteiger partial charge is 0.289 e. The molecule has 0 saturated heterocycles. The van der Waals surface area contributed by atoms with E-state index >= 15 is 0 Å². The minimum atomic E-state index is -0.230. The lowest BCUT2D eigenvalue weighted by Crippen LogP contribution is -2.30. The summed E-state index contributed by atoms with van der Waals surface area (Å²) in [4.78, 5) is 15.9. The van der Waals surface area contributed by atoms with Gasteiger partial charge in [-0.3, -0.25) is 9.89 Å². The Morgan fingerprint density at radius 1 is 1.32 bits per heavy atom. The van der Waals surface area contributed by atoms with E-state index in [1.165, 1.54) is 6.33 Å². The van der Waals surface area contributed by atoms with Crippen LogP contribution in [0.25, 0.3) is 0 Å². The lowest BCUT2D eigenvalue weighted by molar-refractivity contribution is 0.0922. The second-order valence-electron chi connectivity index (χ2n) is 4.90. The average Bonchev–Trinajstić information content (AvgIpc) is 2.92. The van der Waals surface area contributed by atoms with Crippen LogP contribution in [0, 0.1) is 5.92 Å². The minimum Gasteiger partial charge on any atom is -0.343 e. The lowest BCUT2D eigenvalue weighted by atomic mass is 9.97. The van der Waals surface area contributed by atoms with Crippen LogP contribution in [0.3, 0.4) is 0 Å². The van der Waals surface area contributed by atoms with E-state index in [0.717, 1.165) is 12.0 Å². The zero-order chi connectivity index (χ0) is 13.7. The second-order valence-corrected chi connectivity index (χ2v) is 4.90. The van der Waals surface area contributed by atoms with Crippen molar-refractivity contribution in [1.29, 1.82) is 0 Å². The maximum atomic E-state index is 12.0. The molecule has 0 spiro atoms. The molecule has 1 atom stereocenters. The van der Waals surface area contributed by atoms with Gasteiger partial charge in [-0.15, -0.1) is 0 Å². The molecule has 0 bridgehead atoms. The Bertz CT molecular complexity index is 508. The van der Waals surface area contributed by atoms with Gasteiger partial charge in [0, 0.05) is 0 Å². The van der Waals surface area contributed by atoms with E-state index in [0.29, 0.717) is 5.92 Å². The Morgan fingerprint density at radius 2 is 2.05 bits per heavy atom. The van der Waals surface area contributed by atoms with Crippen LogP contribution in [0.15, 0.2) is 36.7 Å². The van der Waals surface area contributed by atoms with Crippen LogP contribution in [0.4, 0.5) is 0 Å². The number of nitrogens with one attached hydrogen (secondary N) is 2. The number of H-pyrrole nitrogens is 1. The molecule has 0 aliphatic rings. The molecule has 100 valence electrons. The Balaban J connectivity index is 2.13. The Labute approximate surface area is 112 Å². The van der Waals surface area contributed by atoms with Gasteiger partial charge in [0.05, 0.1) is 6.04 Å². The largest absolute Gasteiger partial charge is 0.343 e. The van der Waals surface area contributed by atoms with Crippen LogP contribution in [-0.4, -0.2) is 21.1 Å². The van der Waals surface area contributed by atoms with Crippen molar-refractivity contribution in [2.75, 3.05) is 0 Å². The van der Waals surface area contributed by atoms with Gasteiger partial charge in [-0.1, -0.05) is 44.2 Å². The van der Waals surface area contributed by atoms with Crippen molar-refractivity contribution in [3.63, 3.8) is 0 Å². The second kappa shape index (κ2) is 6.13. The van der Waals surface area contributed by atoms with Gasteiger partial charge >= 0.3 is 0 Å². The first-order valence-corrected chi connectivity index (χ1v) is 6.38. The van der Waals surface area contributed by atoms with Crippen LogP contribution in [0.1, 0.15) is 42.5 Å². The summed E-state index contributed by atoms with van der Waals surface area (Å²) in [5.74, 6) is 0.497. The first-order chi connectivity index (χ1) is 9.16. The molecular weight excluding hydrogens is 240 g/mol. The minimum absolute atomic E-state index is 0.0150. The fraction of sp³-hybridized carbons (Fsp3) is 0.357. The third-order valence-corrected chi connectivity index (χ3v) is 2.84. The van der Waals surface area contributed by atoms with Crippen molar-refractivity contribution in [3.05, 3.63) is 48.0 Å². The molecule has 0 saturated carbocycles. The highest BCUT2D eigenvalue weighted by Gasteiger charge is 2.18. The molecule has 1 unspecified atom stereocenters. The van der Waals surface area contributed by atoms with Crippen LogP contribution in [0.5, 0.6) is 0 Å². The molecule has 0 fully saturated rings. The van der Waals surface area contributed by atoms with Gasteiger partial charge in [0.2, 0.25) is 5.82 Å². The molecule has 0 radical (unpaired) electrons. The Morgan fingerprint density at radius 3 is 2.63 bits per heavy atom. The van der Waals surface area contributed by atoms with Crippen molar-refractivity contribution in [1.82, 2.24) is 20.5 Å². The standard InChI is InChI=1S/C14H18N4O/c1-10(2)8-12(11-6-4-3-5-7-11)17-14(19)13-15-9-16-18-13/h3-7,9-10,12H,8H2,1-2H3,(H,17,19)(H,15,16,18). The summed E-state index contributed by atoms with van der Waals surface area (Å²) in [5.41, 5.74) is 1.10. The topological polar surface area (TPSA) is 70.7 Å². The van der Waals surface area contributed by atoms with Gasteiger partial charge in [0.25, 0.3) is 5.91 Å². The van der Waals surface area contributed by atoms with Crippen LogP contribution < -0.4 is 5.32 Å². The number of rotatable bonds is 5. The van der Waals surface area contributed by atoms with E-state index < -0.39 is 0 Å². The average molecular weight is 258 g/mol. The summed E-state index contributed by atoms with van der Waals surface area (Å²) in [6.07, 6.45) is 2.21. The highest BCUT2D eigenvalue weighted by atomic mass is 16.2. The van der Waals surface area contributed by atoms with E-state index in [1.807, 2.05) is 30.3 Å². The number of aromatic amines is 1. The summed E-state index contributed by atoms with van der Waals surface area (Å²) in [6, 6.07) is 9.95. The highest BCUT2D eigenvalue weighted by molar-refractivity contribution is 5.90. The first kappa shape index (κ1) is 13.3. The molecule has 2 rings (SSSR count). The van der Waals surface area contributed by atoms with E-state index in [4.69, 9.17) is 0 Å². The lowest BCUT2D eigenvalue weighted by Gasteiger charge is -2.20. The molecule has 1 aromatic carbocycles. The third-order valence-electron chi connectivity index (χ3n) is 2.84. The molecule has 1 amide bonds. The predicted molar refractivity (Wildman–Crippen MR) is 72.5 cm³/mol. The van der Waals surface area contributed by atoms with Crippen molar-refractivity contribution in [3.8, 4) is 0 Å². The van der Waals surface area contributed by atoms with E-state index in [9.17, 15) is 4.79 Å². The molecule has 2 N–H and O–H groups in total. The van der Waals surface area contributed by atoms with E-state index in [1.54, 1.807) is 0 Å². The zero-order valence-corrected chi connectivity index (χ0v) is 11.1. The van der Waals surface area contributed by atoms with E-state index in [2.05, 4.69) is 34.3 Å². The number of carbonyl (C=O) groups excluding carboxylic acids is 1. The van der Waals surface area contributed by atoms with Crippen molar-refractivity contribution < 1.29 is 4.79 Å². The normalized spacial score (nSPS) is 12.4. The summed E-state index contributed by atoms with van der Waals surface area (Å²) >= 11 is 0. The monoisotopic (exact) mass is 258 g/mol. The third kappa shape index (κ3) is 3.64. The van der Waals surface area contributed by atoms with Gasteiger partial charge in [-0.05, 0) is 17.9 Å². The van der Waals surface area contributed by atoms with Crippen molar-refractivity contribution >= 4 is 5.91 Å². The number of benzene rings is 1. The highest BCUT2D eigenvalue weighted by Crippen LogP contribution is 2.21. The molecular formula is C14H18N4O. The summed E-state index contributed by atoms with van der Waals surface area (Å²) in [5, 5.41) is 9.26. The fourth-order valence-electron chi connectivity index (χ4n) is 1.98. The molecule has 0 aliphatic heterocycles. The number of amides is 1. The summed E-state index contributed by atoms with van der Waals surface area (Å²) in [6.45, 7) is 4.27. The van der Waals surface area contributed by atoms with Crippen LogP contribution in [0.2, 0.25) is 0 Å². The maximum absolute atomic E-state index is 12.0. The molecule has 0 aliphatic carbocycles. The van der Waals surface area contributed by atoms with Gasteiger partial charge in [-0.2, -0.15) is 5.10 Å². The summed E-state index contributed by atoms with van der Waals surface area (Å²) in [7, 11) is 0. The SMILES string of the molecule is CC(C)CC(NC(=O)c1ncn[nH]1)c1ccccc1. The molecule has 19 heavy (non-hydrogen) atoms. The quantitative estimate of drug-likeness (QED) is 0.864. The van der Waals surface area contributed by atoms with E-state index in [-0.39, 0.29) is 17.8 Å². The number of nitrogens with zero attached hydrogens (tertiary/aromatic N) is 2. The van der Waals surface area contributed by atoms with Gasteiger partial charge in [0.1, 0.15) is 6.33 Å². The zero-order valence-electron chi connectivity index (χ0n) is 11.1. The van der Waals surface area contributed by atoms with Gasteiger partial charge in [0.15, 0.2) is 0 Å². The number of carbonyl (C=O) groups is 1. The first-order valence-electron chi connectivity index (χ1n) is 6.38. The molecule has 1 heterocycles. The fourth-order valence-corrected chi connectivity index (χ4v) is 1.98. The number of hydrogen-bond donors (Lipinski definition) is 2. The van der Waals surface area contributed by atoms with Crippen LogP contribution >= 0.6 is 0 Å². The van der Waals surface area contributed by atoms with Gasteiger partial charge < -0.3 is 5.32 Å². The van der Waals surface area contributed by atoms with Crippen molar-refractivity contribution in [2.45, 2.75) is 26.3 Å². The Kier molecular flexibility index (Phi) is 4.28. The predicted octanol–water partition coefficient (Wildman–Crippen LogP) is 2.32. The van der Waals surface area contributed by atoms with Crippen LogP contribution in [-0.2, 0) is 0 Å². The molecule has 1 aromatic heterocycles. The molecule has 2 aromatic rings. The maximum Gasteiger partial charge on any atom is 0.289 e. The Hall–Kier alpha value is -2.17. The van der Waals surface area contributed by atoms with Crippen molar-refractivity contribution in [2.24, 2.45) is 5.92 Å². The molecule has 5 nitrogen and oxygen atoms in total. The molecule has 5 heteroatoms.